The van der Waals surface area contributed by atoms with Gasteiger partial charge in [-0.25, -0.2) is 4.79 Å². The average Bonchev–Trinajstić information content (AvgIpc) is 3.12. The lowest BCUT2D eigenvalue weighted by Gasteiger charge is -2.15. The van der Waals surface area contributed by atoms with Crippen LogP contribution in [0, 0.1) is 0 Å². The highest BCUT2D eigenvalue weighted by molar-refractivity contribution is 6.13. The number of aromatic nitrogens is 1. The molecule has 0 radical (unpaired) electrons. The van der Waals surface area contributed by atoms with E-state index in [1.54, 1.807) is 23.1 Å². The summed E-state index contributed by atoms with van der Waals surface area (Å²) >= 11 is 0. The lowest BCUT2D eigenvalue weighted by Crippen LogP contribution is -2.27. The summed E-state index contributed by atoms with van der Waals surface area (Å²) in [6.07, 6.45) is 2.02. The van der Waals surface area contributed by atoms with Crippen molar-refractivity contribution in [3.8, 4) is 0 Å². The summed E-state index contributed by atoms with van der Waals surface area (Å²) in [5.74, 6) is -0.617. The van der Waals surface area contributed by atoms with Crippen LogP contribution in [0.2, 0.25) is 0 Å². The number of carbonyl (C=O) groups is 3. The van der Waals surface area contributed by atoms with Crippen LogP contribution in [0.5, 0.6) is 0 Å². The van der Waals surface area contributed by atoms with Crippen molar-refractivity contribution in [1.29, 1.82) is 0 Å². The summed E-state index contributed by atoms with van der Waals surface area (Å²) in [6, 6.07) is 4.13. The predicted molar refractivity (Wildman–Crippen MR) is 85.2 cm³/mol. The van der Waals surface area contributed by atoms with Crippen LogP contribution in [-0.4, -0.2) is 40.8 Å². The van der Waals surface area contributed by atoms with E-state index in [9.17, 15) is 14.4 Å². The molecular formula is C15H17N5O3. The number of primary amides is 2. The van der Waals surface area contributed by atoms with Crippen LogP contribution in [0.4, 0.5) is 10.6 Å². The molecule has 2 heterocycles. The maximum absolute atomic E-state index is 12.4. The number of rotatable bonds is 3. The number of amides is 4. The quantitative estimate of drug-likeness (QED) is 0.672. The first kappa shape index (κ1) is 14.9. The topological polar surface area (TPSA) is 134 Å². The fraction of sp³-hybridized carbons (Fsp3) is 0.267. The van der Waals surface area contributed by atoms with Gasteiger partial charge in [0.2, 0.25) is 0 Å². The second kappa shape index (κ2) is 5.64. The van der Waals surface area contributed by atoms with Crippen LogP contribution >= 0.6 is 0 Å². The maximum Gasteiger partial charge on any atom is 0.317 e. The Hall–Kier alpha value is -3.03. The van der Waals surface area contributed by atoms with E-state index >= 15 is 0 Å². The number of hydrogen-bond acceptors (Lipinski definition) is 3. The monoisotopic (exact) mass is 315 g/mol. The molecule has 6 N–H and O–H groups in total. The molecule has 23 heavy (non-hydrogen) atoms. The SMILES string of the molecule is NC(=O)Nc1[nH]c2cc(C(=O)N3CCCC3)ccc2c1C(N)=O. The van der Waals surface area contributed by atoms with Gasteiger partial charge in [0.25, 0.3) is 11.8 Å². The van der Waals surface area contributed by atoms with Crippen LogP contribution in [0.15, 0.2) is 18.2 Å². The highest BCUT2D eigenvalue weighted by Crippen LogP contribution is 2.27. The Bertz CT molecular complexity index is 805. The molecule has 0 spiro atoms. The molecule has 120 valence electrons. The normalized spacial score (nSPS) is 14.2. The molecule has 4 amide bonds. The van der Waals surface area contributed by atoms with Gasteiger partial charge < -0.3 is 21.4 Å². The minimum atomic E-state index is -0.813. The van der Waals surface area contributed by atoms with Gasteiger partial charge in [-0.2, -0.15) is 0 Å². The van der Waals surface area contributed by atoms with E-state index in [0.717, 1.165) is 25.9 Å². The number of urea groups is 1. The molecule has 0 atom stereocenters. The summed E-state index contributed by atoms with van der Waals surface area (Å²) in [4.78, 5) is 39.8. The van der Waals surface area contributed by atoms with Crippen LogP contribution in [0.3, 0.4) is 0 Å². The van der Waals surface area contributed by atoms with Gasteiger partial charge in [-0.15, -0.1) is 0 Å². The molecule has 0 aliphatic carbocycles. The number of benzene rings is 1. The first-order valence-electron chi connectivity index (χ1n) is 7.28. The van der Waals surface area contributed by atoms with Crippen LogP contribution in [0.1, 0.15) is 33.6 Å². The number of fused-ring (bicyclic) bond motifs is 1. The van der Waals surface area contributed by atoms with E-state index in [-0.39, 0.29) is 17.3 Å². The van der Waals surface area contributed by atoms with Gasteiger partial charge in [-0.3, -0.25) is 14.9 Å². The molecule has 8 nitrogen and oxygen atoms in total. The van der Waals surface area contributed by atoms with E-state index in [0.29, 0.717) is 16.5 Å². The average molecular weight is 315 g/mol. The number of likely N-dealkylation sites (tertiary alicyclic amines) is 1. The zero-order chi connectivity index (χ0) is 16.6. The molecule has 1 aromatic heterocycles. The van der Waals surface area contributed by atoms with Gasteiger partial charge in [0.1, 0.15) is 5.82 Å². The summed E-state index contributed by atoms with van der Waals surface area (Å²) in [5.41, 5.74) is 11.7. The summed E-state index contributed by atoms with van der Waals surface area (Å²) < 4.78 is 0. The number of hydrogen-bond donors (Lipinski definition) is 4. The van der Waals surface area contributed by atoms with Crippen LogP contribution in [-0.2, 0) is 0 Å². The van der Waals surface area contributed by atoms with E-state index in [4.69, 9.17) is 11.5 Å². The molecule has 1 saturated heterocycles. The Balaban J connectivity index is 2.04. The maximum atomic E-state index is 12.4. The number of nitrogens with one attached hydrogen (secondary N) is 2. The third kappa shape index (κ3) is 2.70. The van der Waals surface area contributed by atoms with Crippen molar-refractivity contribution in [2.24, 2.45) is 11.5 Å². The van der Waals surface area contributed by atoms with Gasteiger partial charge in [0.15, 0.2) is 0 Å². The molecule has 1 aromatic carbocycles. The minimum Gasteiger partial charge on any atom is -0.365 e. The van der Waals surface area contributed by atoms with Crippen molar-refractivity contribution in [2.75, 3.05) is 18.4 Å². The highest BCUT2D eigenvalue weighted by Gasteiger charge is 2.22. The molecule has 3 rings (SSSR count). The summed E-state index contributed by atoms with van der Waals surface area (Å²) in [6.45, 7) is 1.51. The van der Waals surface area contributed by atoms with Crippen molar-refractivity contribution in [1.82, 2.24) is 9.88 Å². The third-order valence-corrected chi connectivity index (χ3v) is 3.93. The zero-order valence-corrected chi connectivity index (χ0v) is 12.4. The standard InChI is InChI=1S/C15H17N5O3/c16-12(21)11-9-4-3-8(14(22)20-5-1-2-6-20)7-10(9)18-13(11)19-15(17)23/h3-4,7,18H,1-2,5-6H2,(H2,16,21)(H3,17,19,23). The third-order valence-electron chi connectivity index (χ3n) is 3.93. The molecule has 0 unspecified atom stereocenters. The Kier molecular flexibility index (Phi) is 3.65. The summed E-state index contributed by atoms with van der Waals surface area (Å²) in [5, 5.41) is 2.86. The highest BCUT2D eigenvalue weighted by atomic mass is 16.2. The number of H-pyrrole nitrogens is 1. The zero-order valence-electron chi connectivity index (χ0n) is 12.4. The number of nitrogens with two attached hydrogens (primary N) is 2. The fourth-order valence-corrected chi connectivity index (χ4v) is 2.91. The van der Waals surface area contributed by atoms with Gasteiger partial charge in [0, 0.05) is 29.6 Å². The van der Waals surface area contributed by atoms with E-state index in [1.807, 2.05) is 0 Å². The van der Waals surface area contributed by atoms with Crippen molar-refractivity contribution in [3.05, 3.63) is 29.3 Å². The molecule has 1 aliphatic rings. The first-order valence-corrected chi connectivity index (χ1v) is 7.28. The fourth-order valence-electron chi connectivity index (χ4n) is 2.91. The second-order valence-electron chi connectivity index (χ2n) is 5.49. The molecule has 0 saturated carbocycles. The first-order chi connectivity index (χ1) is 11.0. The smallest absolute Gasteiger partial charge is 0.317 e. The minimum absolute atomic E-state index is 0.0518. The van der Waals surface area contributed by atoms with Crippen molar-refractivity contribution < 1.29 is 14.4 Å². The van der Waals surface area contributed by atoms with Gasteiger partial charge in [0.05, 0.1) is 5.56 Å². The van der Waals surface area contributed by atoms with Crippen molar-refractivity contribution >= 4 is 34.6 Å². The molecule has 2 aromatic rings. The number of aromatic amines is 1. The van der Waals surface area contributed by atoms with Crippen LogP contribution < -0.4 is 16.8 Å². The van der Waals surface area contributed by atoms with Crippen molar-refractivity contribution in [2.45, 2.75) is 12.8 Å². The lowest BCUT2D eigenvalue weighted by atomic mass is 10.1. The second-order valence-corrected chi connectivity index (χ2v) is 5.49. The Morgan fingerprint density at radius 2 is 1.83 bits per heavy atom. The van der Waals surface area contributed by atoms with Gasteiger partial charge >= 0.3 is 6.03 Å². The van der Waals surface area contributed by atoms with E-state index in [1.165, 1.54) is 0 Å². The predicted octanol–water partition coefficient (Wildman–Crippen LogP) is 0.993. The molecule has 1 aliphatic heterocycles. The largest absolute Gasteiger partial charge is 0.365 e. The van der Waals surface area contributed by atoms with Crippen molar-refractivity contribution in [3.63, 3.8) is 0 Å². The lowest BCUT2D eigenvalue weighted by molar-refractivity contribution is 0.0792. The van der Waals surface area contributed by atoms with E-state index in [2.05, 4.69) is 10.3 Å². The van der Waals surface area contributed by atoms with Crippen LogP contribution in [0.25, 0.3) is 10.9 Å². The molecule has 0 bridgehead atoms. The Labute approximate surface area is 131 Å². The molecule has 8 heteroatoms. The summed E-state index contributed by atoms with van der Waals surface area (Å²) in [7, 11) is 0. The Morgan fingerprint density at radius 1 is 1.13 bits per heavy atom. The Morgan fingerprint density at radius 3 is 2.43 bits per heavy atom. The number of carbonyl (C=O) groups excluding carboxylic acids is 3. The van der Waals surface area contributed by atoms with Gasteiger partial charge in [-0.1, -0.05) is 6.07 Å². The van der Waals surface area contributed by atoms with Gasteiger partial charge in [-0.05, 0) is 25.0 Å². The molecule has 1 fully saturated rings. The number of nitrogens with zero attached hydrogens (tertiary/aromatic N) is 1. The van der Waals surface area contributed by atoms with E-state index < -0.39 is 11.9 Å². The molecular weight excluding hydrogens is 298 g/mol. The number of anilines is 1.